The summed E-state index contributed by atoms with van der Waals surface area (Å²) in [5.74, 6) is 0.687. The van der Waals surface area contributed by atoms with Crippen molar-refractivity contribution in [1.29, 1.82) is 5.26 Å². The molecule has 0 spiro atoms. The molecule has 1 heterocycles. The van der Waals surface area contributed by atoms with Crippen molar-refractivity contribution < 1.29 is 9.53 Å². The highest BCUT2D eigenvalue weighted by Gasteiger charge is 2.12. The van der Waals surface area contributed by atoms with Gasteiger partial charge in [0.05, 0.1) is 18.6 Å². The van der Waals surface area contributed by atoms with Gasteiger partial charge in [0, 0.05) is 26.1 Å². The van der Waals surface area contributed by atoms with E-state index in [1.807, 2.05) is 18.2 Å². The van der Waals surface area contributed by atoms with Crippen LogP contribution in [-0.4, -0.2) is 31.0 Å². The summed E-state index contributed by atoms with van der Waals surface area (Å²) in [5, 5.41) is 8.75. The maximum Gasteiger partial charge on any atom is 0.246 e. The lowest BCUT2D eigenvalue weighted by Crippen LogP contribution is -2.29. The number of hydrogen-bond acceptors (Lipinski definition) is 3. The van der Waals surface area contributed by atoms with E-state index in [1.165, 1.54) is 5.56 Å². The van der Waals surface area contributed by atoms with E-state index in [0.717, 1.165) is 24.3 Å². The van der Waals surface area contributed by atoms with Crippen molar-refractivity contribution in [2.24, 2.45) is 5.92 Å². The van der Waals surface area contributed by atoms with Crippen LogP contribution < -0.4 is 4.74 Å². The molecule has 1 aliphatic heterocycles. The molecule has 1 atom stereocenters. The number of benzene rings is 1. The molecule has 1 aliphatic rings. The van der Waals surface area contributed by atoms with Crippen LogP contribution in [0, 0.1) is 17.2 Å². The second-order valence-electron chi connectivity index (χ2n) is 5.05. The van der Waals surface area contributed by atoms with Crippen molar-refractivity contribution in [1.82, 2.24) is 4.90 Å². The van der Waals surface area contributed by atoms with Crippen molar-refractivity contribution in [3.63, 3.8) is 0 Å². The first kappa shape index (κ1) is 14.1. The fourth-order valence-electron chi connectivity index (χ4n) is 2.15. The Labute approximate surface area is 119 Å². The summed E-state index contributed by atoms with van der Waals surface area (Å²) in [4.78, 5) is 13.5. The lowest BCUT2D eigenvalue weighted by molar-refractivity contribution is -0.125. The van der Waals surface area contributed by atoms with E-state index >= 15 is 0 Å². The molecular formula is C16H18N2O2. The molecule has 0 N–H and O–H groups in total. The molecule has 1 aromatic carbocycles. The van der Waals surface area contributed by atoms with E-state index in [9.17, 15) is 4.79 Å². The molecule has 4 nitrogen and oxygen atoms in total. The highest BCUT2D eigenvalue weighted by Crippen LogP contribution is 2.26. The summed E-state index contributed by atoms with van der Waals surface area (Å²) < 4.78 is 5.44. The summed E-state index contributed by atoms with van der Waals surface area (Å²) in [6.07, 6.45) is 4.26. The summed E-state index contributed by atoms with van der Waals surface area (Å²) in [5.41, 5.74) is 2.18. The van der Waals surface area contributed by atoms with Crippen molar-refractivity contribution in [3.05, 3.63) is 35.4 Å². The van der Waals surface area contributed by atoms with E-state index in [-0.39, 0.29) is 11.8 Å². The lowest BCUT2D eigenvalue weighted by Gasteiger charge is -2.15. The van der Waals surface area contributed by atoms with E-state index in [0.29, 0.717) is 6.54 Å². The zero-order valence-electron chi connectivity index (χ0n) is 11.8. The molecule has 4 heteroatoms. The number of ether oxygens (including phenoxy) is 1. The van der Waals surface area contributed by atoms with Gasteiger partial charge in [-0.25, -0.2) is 0 Å². The maximum atomic E-state index is 11.9. The Morgan fingerprint density at radius 2 is 2.40 bits per heavy atom. The first-order valence-corrected chi connectivity index (χ1v) is 6.68. The molecule has 0 radical (unpaired) electrons. The number of fused-ring (bicyclic) bond motifs is 1. The number of nitrogens with zero attached hydrogens (tertiary/aromatic N) is 2. The lowest BCUT2D eigenvalue weighted by atomic mass is 10.1. The molecule has 1 unspecified atom stereocenters. The van der Waals surface area contributed by atoms with Gasteiger partial charge >= 0.3 is 0 Å². The van der Waals surface area contributed by atoms with Crippen LogP contribution in [0.15, 0.2) is 24.3 Å². The van der Waals surface area contributed by atoms with Gasteiger partial charge in [-0.05, 0) is 36.3 Å². The monoisotopic (exact) mass is 270 g/mol. The standard InChI is InChI=1S/C16H18N2O2/c1-12(10-17)11-18(2)16(19)6-4-13-3-5-15-14(9-13)7-8-20-15/h3-6,9,12H,7-8,11H2,1-2H3. The van der Waals surface area contributed by atoms with Crippen LogP contribution in [0.25, 0.3) is 6.08 Å². The number of rotatable bonds is 4. The molecule has 0 aromatic heterocycles. The van der Waals surface area contributed by atoms with Crippen LogP contribution in [0.1, 0.15) is 18.1 Å². The summed E-state index contributed by atoms with van der Waals surface area (Å²) in [6.45, 7) is 2.97. The van der Waals surface area contributed by atoms with Gasteiger partial charge in [-0.3, -0.25) is 4.79 Å². The number of carbonyl (C=O) groups excluding carboxylic acids is 1. The quantitative estimate of drug-likeness (QED) is 0.788. The van der Waals surface area contributed by atoms with Gasteiger partial charge in [0.1, 0.15) is 5.75 Å². The van der Waals surface area contributed by atoms with Crippen LogP contribution in [0.5, 0.6) is 5.75 Å². The van der Waals surface area contributed by atoms with Gasteiger partial charge in [0.15, 0.2) is 0 Å². The second kappa shape index (κ2) is 6.25. The third-order valence-corrected chi connectivity index (χ3v) is 3.28. The number of amides is 1. The van der Waals surface area contributed by atoms with Crippen LogP contribution >= 0.6 is 0 Å². The van der Waals surface area contributed by atoms with Crippen molar-refractivity contribution in [2.75, 3.05) is 20.2 Å². The number of nitriles is 1. The molecular weight excluding hydrogens is 252 g/mol. The first-order chi connectivity index (χ1) is 9.60. The Balaban J connectivity index is 1.99. The van der Waals surface area contributed by atoms with E-state index in [2.05, 4.69) is 6.07 Å². The molecule has 104 valence electrons. The Kier molecular flexibility index (Phi) is 4.41. The molecule has 0 saturated carbocycles. The van der Waals surface area contributed by atoms with Gasteiger partial charge in [0.25, 0.3) is 0 Å². The molecule has 2 rings (SSSR count). The SMILES string of the molecule is CC(C#N)CN(C)C(=O)C=Cc1ccc2c(c1)CCO2. The Bertz CT molecular complexity index is 572. The van der Waals surface area contributed by atoms with Gasteiger partial charge < -0.3 is 9.64 Å². The normalized spacial score (nSPS) is 14.4. The first-order valence-electron chi connectivity index (χ1n) is 6.68. The zero-order chi connectivity index (χ0) is 14.5. The predicted molar refractivity (Wildman–Crippen MR) is 77.1 cm³/mol. The summed E-state index contributed by atoms with van der Waals surface area (Å²) in [7, 11) is 1.71. The van der Waals surface area contributed by atoms with Crippen LogP contribution in [-0.2, 0) is 11.2 Å². The van der Waals surface area contributed by atoms with Crippen molar-refractivity contribution in [3.8, 4) is 11.8 Å². The fourth-order valence-corrected chi connectivity index (χ4v) is 2.15. The average Bonchev–Trinajstić information content (AvgIpc) is 2.91. The molecule has 1 amide bonds. The smallest absolute Gasteiger partial charge is 0.246 e. The topological polar surface area (TPSA) is 53.3 Å². The third kappa shape index (κ3) is 3.39. The minimum atomic E-state index is -0.158. The molecule has 1 aromatic rings. The Morgan fingerprint density at radius 3 is 3.15 bits per heavy atom. The third-order valence-electron chi connectivity index (χ3n) is 3.28. The highest BCUT2D eigenvalue weighted by molar-refractivity contribution is 5.91. The minimum absolute atomic E-state index is 0.0937. The Hall–Kier alpha value is -2.28. The van der Waals surface area contributed by atoms with Crippen molar-refractivity contribution in [2.45, 2.75) is 13.3 Å². The zero-order valence-corrected chi connectivity index (χ0v) is 11.8. The predicted octanol–water partition coefficient (Wildman–Crippen LogP) is 2.25. The number of likely N-dealkylation sites (N-methyl/N-ethyl adjacent to an activating group) is 1. The summed E-state index contributed by atoms with van der Waals surface area (Å²) >= 11 is 0. The summed E-state index contributed by atoms with van der Waals surface area (Å²) in [6, 6.07) is 8.04. The number of hydrogen-bond donors (Lipinski definition) is 0. The average molecular weight is 270 g/mol. The molecule has 0 aliphatic carbocycles. The van der Waals surface area contributed by atoms with Crippen LogP contribution in [0.3, 0.4) is 0 Å². The highest BCUT2D eigenvalue weighted by atomic mass is 16.5. The fraction of sp³-hybridized carbons (Fsp3) is 0.375. The Morgan fingerprint density at radius 1 is 1.60 bits per heavy atom. The van der Waals surface area contributed by atoms with Crippen LogP contribution in [0.4, 0.5) is 0 Å². The second-order valence-corrected chi connectivity index (χ2v) is 5.05. The van der Waals surface area contributed by atoms with Gasteiger partial charge in [-0.1, -0.05) is 6.07 Å². The van der Waals surface area contributed by atoms with E-state index in [4.69, 9.17) is 10.00 Å². The van der Waals surface area contributed by atoms with Gasteiger partial charge in [-0.2, -0.15) is 5.26 Å². The van der Waals surface area contributed by atoms with E-state index < -0.39 is 0 Å². The molecule has 20 heavy (non-hydrogen) atoms. The maximum absolute atomic E-state index is 11.9. The minimum Gasteiger partial charge on any atom is -0.493 e. The van der Waals surface area contributed by atoms with Crippen molar-refractivity contribution >= 4 is 12.0 Å². The van der Waals surface area contributed by atoms with Gasteiger partial charge in [0.2, 0.25) is 5.91 Å². The molecule has 0 bridgehead atoms. The van der Waals surface area contributed by atoms with Gasteiger partial charge in [-0.15, -0.1) is 0 Å². The largest absolute Gasteiger partial charge is 0.493 e. The van der Waals surface area contributed by atoms with Crippen LogP contribution in [0.2, 0.25) is 0 Å². The van der Waals surface area contributed by atoms with E-state index in [1.54, 1.807) is 31.0 Å². The molecule has 0 fully saturated rings. The molecule has 0 saturated heterocycles. The number of carbonyl (C=O) groups is 1.